The van der Waals surface area contributed by atoms with Crippen molar-refractivity contribution in [2.75, 3.05) is 0 Å². The van der Waals surface area contributed by atoms with Crippen LogP contribution >= 0.6 is 11.6 Å². The first-order valence-electron chi connectivity index (χ1n) is 6.44. The minimum atomic E-state index is -1.14. The standard InChI is InChI=1S/C14H19ClN2O3/c1-9(16)5-4-8-12(18)17-13(14(19)20)10-6-2-3-7-11(10)15/h2-3,6-7,9,13H,4-5,8,16H2,1H3,(H,17,18)(H,19,20)/t9?,13-/m1/s1. The molecule has 0 aliphatic rings. The fraction of sp³-hybridized carbons (Fsp3) is 0.429. The molecule has 0 aliphatic carbocycles. The van der Waals surface area contributed by atoms with Gasteiger partial charge in [-0.15, -0.1) is 0 Å². The first kappa shape index (κ1) is 16.5. The lowest BCUT2D eigenvalue weighted by molar-refractivity contribution is -0.142. The van der Waals surface area contributed by atoms with E-state index in [4.69, 9.17) is 17.3 Å². The molecule has 0 aliphatic heterocycles. The van der Waals surface area contributed by atoms with Crippen LogP contribution in [0.2, 0.25) is 5.02 Å². The minimum absolute atomic E-state index is 0.0293. The van der Waals surface area contributed by atoms with Gasteiger partial charge in [-0.2, -0.15) is 0 Å². The fourth-order valence-corrected chi connectivity index (χ4v) is 2.04. The molecule has 0 bridgehead atoms. The van der Waals surface area contributed by atoms with Crippen molar-refractivity contribution in [2.24, 2.45) is 5.73 Å². The Kier molecular flexibility index (Phi) is 6.48. The number of nitrogens with one attached hydrogen (secondary N) is 1. The van der Waals surface area contributed by atoms with E-state index in [1.165, 1.54) is 0 Å². The summed E-state index contributed by atoms with van der Waals surface area (Å²) in [6.45, 7) is 1.86. The second-order valence-electron chi connectivity index (χ2n) is 4.73. The molecular weight excluding hydrogens is 280 g/mol. The topological polar surface area (TPSA) is 92.4 Å². The predicted molar refractivity (Wildman–Crippen MR) is 77.5 cm³/mol. The molecule has 0 heterocycles. The van der Waals surface area contributed by atoms with Crippen LogP contribution in [0.5, 0.6) is 0 Å². The van der Waals surface area contributed by atoms with Crippen molar-refractivity contribution in [3.8, 4) is 0 Å². The molecule has 20 heavy (non-hydrogen) atoms. The summed E-state index contributed by atoms with van der Waals surface area (Å²) in [5.74, 6) is -1.46. The van der Waals surface area contributed by atoms with Crippen LogP contribution in [0.25, 0.3) is 0 Å². The molecule has 110 valence electrons. The lowest BCUT2D eigenvalue weighted by Crippen LogP contribution is -2.34. The number of amides is 1. The van der Waals surface area contributed by atoms with Crippen molar-refractivity contribution in [3.63, 3.8) is 0 Å². The summed E-state index contributed by atoms with van der Waals surface area (Å²) in [5, 5.41) is 12.0. The maximum absolute atomic E-state index is 11.8. The second kappa shape index (κ2) is 7.87. The molecule has 0 aromatic heterocycles. The van der Waals surface area contributed by atoms with Crippen molar-refractivity contribution in [1.82, 2.24) is 5.32 Å². The quantitative estimate of drug-likeness (QED) is 0.719. The largest absolute Gasteiger partial charge is 0.479 e. The zero-order valence-corrected chi connectivity index (χ0v) is 12.1. The Morgan fingerprint density at radius 2 is 2.05 bits per heavy atom. The number of nitrogens with two attached hydrogens (primary N) is 1. The number of benzene rings is 1. The van der Waals surface area contributed by atoms with E-state index >= 15 is 0 Å². The Morgan fingerprint density at radius 3 is 2.60 bits per heavy atom. The van der Waals surface area contributed by atoms with E-state index in [9.17, 15) is 14.7 Å². The van der Waals surface area contributed by atoms with Crippen LogP contribution in [0.3, 0.4) is 0 Å². The molecule has 5 nitrogen and oxygen atoms in total. The van der Waals surface area contributed by atoms with E-state index in [0.29, 0.717) is 17.0 Å². The van der Waals surface area contributed by atoms with Gasteiger partial charge < -0.3 is 16.2 Å². The summed E-state index contributed by atoms with van der Waals surface area (Å²) in [6, 6.07) is 5.46. The first-order chi connectivity index (χ1) is 9.41. The van der Waals surface area contributed by atoms with Crippen molar-refractivity contribution < 1.29 is 14.7 Å². The normalized spacial score (nSPS) is 13.6. The zero-order valence-electron chi connectivity index (χ0n) is 11.3. The molecule has 0 saturated carbocycles. The summed E-state index contributed by atoms with van der Waals surface area (Å²) < 4.78 is 0. The van der Waals surface area contributed by atoms with Crippen LogP contribution in [-0.4, -0.2) is 23.0 Å². The number of carbonyl (C=O) groups is 2. The number of hydrogen-bond acceptors (Lipinski definition) is 3. The number of aliphatic carboxylic acids is 1. The third-order valence-corrected chi connectivity index (χ3v) is 3.18. The van der Waals surface area contributed by atoms with Crippen LogP contribution in [0, 0.1) is 0 Å². The van der Waals surface area contributed by atoms with E-state index in [0.717, 1.165) is 6.42 Å². The van der Waals surface area contributed by atoms with E-state index in [2.05, 4.69) is 5.32 Å². The molecule has 1 amide bonds. The van der Waals surface area contributed by atoms with Crippen molar-refractivity contribution >= 4 is 23.5 Å². The Hall–Kier alpha value is -1.59. The number of carbonyl (C=O) groups excluding carboxylic acids is 1. The number of halogens is 1. The predicted octanol–water partition coefficient (Wildman–Crippen LogP) is 2.10. The van der Waals surface area contributed by atoms with Gasteiger partial charge in [0.2, 0.25) is 5.91 Å². The van der Waals surface area contributed by atoms with Gasteiger partial charge in [0.05, 0.1) is 0 Å². The first-order valence-corrected chi connectivity index (χ1v) is 6.81. The summed E-state index contributed by atoms with van der Waals surface area (Å²) in [4.78, 5) is 23.0. The van der Waals surface area contributed by atoms with Crippen LogP contribution in [-0.2, 0) is 9.59 Å². The van der Waals surface area contributed by atoms with E-state index in [-0.39, 0.29) is 18.4 Å². The molecule has 1 unspecified atom stereocenters. The molecule has 0 spiro atoms. The average Bonchev–Trinajstić information content (AvgIpc) is 2.36. The summed E-state index contributed by atoms with van der Waals surface area (Å²) in [7, 11) is 0. The van der Waals surface area contributed by atoms with E-state index in [1.807, 2.05) is 6.92 Å². The van der Waals surface area contributed by atoms with Gasteiger partial charge in [0, 0.05) is 23.0 Å². The Labute approximate surface area is 123 Å². The molecule has 0 fully saturated rings. The van der Waals surface area contributed by atoms with Crippen LogP contribution in [0.1, 0.15) is 37.8 Å². The van der Waals surface area contributed by atoms with Gasteiger partial charge in [0.1, 0.15) is 0 Å². The number of rotatable bonds is 7. The van der Waals surface area contributed by atoms with Gasteiger partial charge in [0.15, 0.2) is 6.04 Å². The highest BCUT2D eigenvalue weighted by atomic mass is 35.5. The highest BCUT2D eigenvalue weighted by Gasteiger charge is 2.23. The van der Waals surface area contributed by atoms with Crippen LogP contribution in [0.4, 0.5) is 0 Å². The number of carboxylic acid groups (broad SMARTS) is 1. The molecule has 1 rings (SSSR count). The molecule has 0 radical (unpaired) electrons. The molecular formula is C14H19ClN2O3. The number of hydrogen-bond donors (Lipinski definition) is 3. The van der Waals surface area contributed by atoms with Gasteiger partial charge in [0.25, 0.3) is 0 Å². The minimum Gasteiger partial charge on any atom is -0.479 e. The Bertz CT molecular complexity index is 477. The maximum atomic E-state index is 11.8. The molecule has 4 N–H and O–H groups in total. The lowest BCUT2D eigenvalue weighted by Gasteiger charge is -2.16. The maximum Gasteiger partial charge on any atom is 0.330 e. The fourth-order valence-electron chi connectivity index (χ4n) is 1.80. The molecule has 1 aromatic rings. The van der Waals surface area contributed by atoms with Gasteiger partial charge >= 0.3 is 5.97 Å². The second-order valence-corrected chi connectivity index (χ2v) is 5.14. The molecule has 1 aromatic carbocycles. The Balaban J connectivity index is 2.67. The van der Waals surface area contributed by atoms with Crippen molar-refractivity contribution in [2.45, 2.75) is 38.3 Å². The highest BCUT2D eigenvalue weighted by Crippen LogP contribution is 2.23. The monoisotopic (exact) mass is 298 g/mol. The summed E-state index contributed by atoms with van der Waals surface area (Å²) in [6.07, 6.45) is 1.59. The molecule has 0 saturated heterocycles. The third kappa shape index (κ3) is 5.19. The highest BCUT2D eigenvalue weighted by molar-refractivity contribution is 6.31. The van der Waals surface area contributed by atoms with E-state index < -0.39 is 12.0 Å². The van der Waals surface area contributed by atoms with Gasteiger partial charge in [-0.05, 0) is 25.8 Å². The van der Waals surface area contributed by atoms with Crippen molar-refractivity contribution in [1.29, 1.82) is 0 Å². The molecule has 2 atom stereocenters. The van der Waals surface area contributed by atoms with Crippen molar-refractivity contribution in [3.05, 3.63) is 34.9 Å². The summed E-state index contributed by atoms with van der Waals surface area (Å²) in [5.41, 5.74) is 5.97. The van der Waals surface area contributed by atoms with Crippen LogP contribution in [0.15, 0.2) is 24.3 Å². The third-order valence-electron chi connectivity index (χ3n) is 2.83. The molecule has 6 heteroatoms. The summed E-state index contributed by atoms with van der Waals surface area (Å²) >= 11 is 5.96. The van der Waals surface area contributed by atoms with Crippen LogP contribution < -0.4 is 11.1 Å². The van der Waals surface area contributed by atoms with Gasteiger partial charge in [-0.1, -0.05) is 29.8 Å². The average molecular weight is 299 g/mol. The Morgan fingerprint density at radius 1 is 1.40 bits per heavy atom. The number of carboxylic acids is 1. The SMILES string of the molecule is CC(N)CCCC(=O)N[C@@H](C(=O)O)c1ccccc1Cl. The van der Waals surface area contributed by atoms with E-state index in [1.54, 1.807) is 24.3 Å². The zero-order chi connectivity index (χ0) is 15.1. The van der Waals surface area contributed by atoms with Gasteiger partial charge in [-0.25, -0.2) is 4.79 Å². The lowest BCUT2D eigenvalue weighted by atomic mass is 10.1. The smallest absolute Gasteiger partial charge is 0.330 e. The van der Waals surface area contributed by atoms with Gasteiger partial charge in [-0.3, -0.25) is 4.79 Å².